The van der Waals surface area contributed by atoms with Crippen LogP contribution in [0.4, 0.5) is 15.3 Å². The molecule has 2 amide bonds. The van der Waals surface area contributed by atoms with E-state index in [0.29, 0.717) is 31.6 Å². The van der Waals surface area contributed by atoms with Crippen LogP contribution in [-0.4, -0.2) is 52.5 Å². The van der Waals surface area contributed by atoms with Crippen molar-refractivity contribution < 1.29 is 24.2 Å². The number of nitrogens with zero attached hydrogens (tertiary/aromatic N) is 2. The van der Waals surface area contributed by atoms with Gasteiger partial charge in [-0.2, -0.15) is 0 Å². The van der Waals surface area contributed by atoms with Crippen LogP contribution >= 0.6 is 0 Å². The third-order valence-corrected chi connectivity index (χ3v) is 4.20. The first kappa shape index (κ1) is 21.9. The minimum absolute atomic E-state index is 0.113. The molecule has 1 aromatic rings. The first-order chi connectivity index (χ1) is 12.9. The van der Waals surface area contributed by atoms with Gasteiger partial charge in [0.25, 0.3) is 0 Å². The summed E-state index contributed by atoms with van der Waals surface area (Å²) < 4.78 is 11.0. The van der Waals surface area contributed by atoms with E-state index < -0.39 is 17.3 Å². The van der Waals surface area contributed by atoms with Crippen LogP contribution in [0.15, 0.2) is 24.3 Å². The van der Waals surface area contributed by atoms with Gasteiger partial charge in [-0.05, 0) is 78.6 Å². The van der Waals surface area contributed by atoms with Gasteiger partial charge in [0, 0.05) is 24.8 Å². The van der Waals surface area contributed by atoms with Crippen LogP contribution in [0.1, 0.15) is 54.4 Å². The summed E-state index contributed by atoms with van der Waals surface area (Å²) in [6.45, 7) is 12.0. The van der Waals surface area contributed by atoms with Crippen molar-refractivity contribution in [3.8, 4) is 5.75 Å². The Morgan fingerprint density at radius 3 is 1.93 bits per heavy atom. The van der Waals surface area contributed by atoms with E-state index in [-0.39, 0.29) is 17.9 Å². The van der Waals surface area contributed by atoms with Gasteiger partial charge < -0.3 is 19.5 Å². The highest BCUT2D eigenvalue weighted by atomic mass is 16.6. The van der Waals surface area contributed by atoms with Crippen LogP contribution < -0.4 is 4.90 Å². The third kappa shape index (κ3) is 6.32. The molecular weight excluding hydrogens is 360 g/mol. The fraction of sp³-hybridized carbons (Fsp3) is 0.619. The van der Waals surface area contributed by atoms with Crippen molar-refractivity contribution >= 4 is 17.9 Å². The van der Waals surface area contributed by atoms with Crippen molar-refractivity contribution in [2.24, 2.45) is 0 Å². The number of carbonyl (C=O) groups is 2. The second kappa shape index (κ2) is 8.29. The van der Waals surface area contributed by atoms with Crippen LogP contribution in [0.3, 0.4) is 0 Å². The van der Waals surface area contributed by atoms with E-state index in [0.717, 1.165) is 0 Å². The maximum Gasteiger partial charge on any atom is 0.415 e. The number of phenolic OH excluding ortho intramolecular Hbond substituents is 1. The molecule has 28 heavy (non-hydrogen) atoms. The average Bonchev–Trinajstić information content (AvgIpc) is 2.54. The molecule has 7 heteroatoms. The number of likely N-dealkylation sites (tertiary alicyclic amines) is 1. The molecule has 1 aliphatic rings. The maximum absolute atomic E-state index is 12.9. The van der Waals surface area contributed by atoms with Gasteiger partial charge in [-0.15, -0.1) is 0 Å². The van der Waals surface area contributed by atoms with Crippen molar-refractivity contribution in [3.63, 3.8) is 0 Å². The molecule has 1 saturated heterocycles. The third-order valence-electron chi connectivity index (χ3n) is 4.20. The van der Waals surface area contributed by atoms with Gasteiger partial charge in [0.15, 0.2) is 0 Å². The predicted molar refractivity (Wildman–Crippen MR) is 108 cm³/mol. The SMILES string of the molecule is CC(C)(C)OC(=O)N1CCC(N(C(=O)OC(C)(C)C)c2ccc(O)cc2)CC1. The number of hydrogen-bond acceptors (Lipinski definition) is 5. The lowest BCUT2D eigenvalue weighted by atomic mass is 10.0. The van der Waals surface area contributed by atoms with E-state index in [2.05, 4.69) is 0 Å². The number of ether oxygens (including phenoxy) is 2. The maximum atomic E-state index is 12.9. The fourth-order valence-corrected chi connectivity index (χ4v) is 3.02. The summed E-state index contributed by atoms with van der Waals surface area (Å²) >= 11 is 0. The lowest BCUT2D eigenvalue weighted by Gasteiger charge is -2.39. The lowest BCUT2D eigenvalue weighted by molar-refractivity contribution is 0.0200. The molecule has 2 rings (SSSR count). The summed E-state index contributed by atoms with van der Waals surface area (Å²) in [6, 6.07) is 6.36. The fourth-order valence-electron chi connectivity index (χ4n) is 3.02. The zero-order valence-corrected chi connectivity index (χ0v) is 17.7. The van der Waals surface area contributed by atoms with Crippen molar-refractivity contribution in [1.29, 1.82) is 0 Å². The molecule has 7 nitrogen and oxygen atoms in total. The number of piperidine rings is 1. The topological polar surface area (TPSA) is 79.3 Å². The van der Waals surface area contributed by atoms with Crippen LogP contribution in [0.2, 0.25) is 0 Å². The van der Waals surface area contributed by atoms with E-state index in [1.165, 1.54) is 0 Å². The summed E-state index contributed by atoms with van der Waals surface area (Å²) in [5.74, 6) is 0.132. The van der Waals surface area contributed by atoms with Gasteiger partial charge >= 0.3 is 12.2 Å². The molecule has 0 spiro atoms. The predicted octanol–water partition coefficient (Wildman–Crippen LogP) is 4.53. The molecule has 0 aromatic heterocycles. The Labute approximate surface area is 167 Å². The van der Waals surface area contributed by atoms with E-state index in [1.807, 2.05) is 41.5 Å². The number of rotatable bonds is 2. The monoisotopic (exact) mass is 392 g/mol. The number of phenols is 1. The van der Waals surface area contributed by atoms with Crippen LogP contribution in [0.5, 0.6) is 5.75 Å². The van der Waals surface area contributed by atoms with Gasteiger partial charge in [0.05, 0.1) is 0 Å². The molecule has 1 fully saturated rings. The first-order valence-electron chi connectivity index (χ1n) is 9.65. The Balaban J connectivity index is 2.13. The molecule has 1 aliphatic heterocycles. The highest BCUT2D eigenvalue weighted by Gasteiger charge is 2.34. The highest BCUT2D eigenvalue weighted by molar-refractivity contribution is 5.88. The summed E-state index contributed by atoms with van der Waals surface area (Å²) in [4.78, 5) is 28.5. The first-order valence-corrected chi connectivity index (χ1v) is 9.65. The minimum Gasteiger partial charge on any atom is -0.508 e. The molecule has 0 saturated carbocycles. The lowest BCUT2D eigenvalue weighted by Crippen LogP contribution is -2.51. The number of aromatic hydroxyl groups is 1. The van der Waals surface area contributed by atoms with Crippen LogP contribution in [0.25, 0.3) is 0 Å². The molecule has 0 unspecified atom stereocenters. The van der Waals surface area contributed by atoms with Gasteiger partial charge in [-0.3, -0.25) is 4.90 Å². The average molecular weight is 392 g/mol. The van der Waals surface area contributed by atoms with Crippen molar-refractivity contribution in [1.82, 2.24) is 4.90 Å². The zero-order valence-electron chi connectivity index (χ0n) is 17.7. The summed E-state index contributed by atoms with van der Waals surface area (Å²) in [7, 11) is 0. The van der Waals surface area contributed by atoms with Crippen molar-refractivity contribution in [2.45, 2.75) is 71.6 Å². The second-order valence-electron chi connectivity index (χ2n) is 9.07. The molecule has 156 valence electrons. The summed E-state index contributed by atoms with van der Waals surface area (Å²) in [5, 5.41) is 9.57. The Kier molecular flexibility index (Phi) is 6.47. The van der Waals surface area contributed by atoms with Gasteiger partial charge in [-0.25, -0.2) is 9.59 Å². The number of carbonyl (C=O) groups excluding carboxylic acids is 2. The molecule has 1 heterocycles. The quantitative estimate of drug-likeness (QED) is 0.800. The molecule has 0 aliphatic carbocycles. The molecule has 1 N–H and O–H groups in total. The molecule has 0 radical (unpaired) electrons. The molecule has 1 aromatic carbocycles. The Hall–Kier alpha value is -2.44. The number of anilines is 1. The minimum atomic E-state index is -0.622. The van der Waals surface area contributed by atoms with Gasteiger partial charge in [0.1, 0.15) is 17.0 Å². The van der Waals surface area contributed by atoms with Crippen molar-refractivity contribution in [3.05, 3.63) is 24.3 Å². The largest absolute Gasteiger partial charge is 0.508 e. The van der Waals surface area contributed by atoms with Gasteiger partial charge in [-0.1, -0.05) is 0 Å². The summed E-state index contributed by atoms with van der Waals surface area (Å²) in [6.07, 6.45) is 0.451. The standard InChI is InChI=1S/C21H32N2O5/c1-20(2,3)27-18(25)22-13-11-16(12-14-22)23(19(26)28-21(4,5)6)15-7-9-17(24)10-8-15/h7-10,16,24H,11-14H2,1-6H3. The molecule has 0 bridgehead atoms. The van der Waals surface area contributed by atoms with Crippen LogP contribution in [-0.2, 0) is 9.47 Å². The number of hydrogen-bond donors (Lipinski definition) is 1. The summed E-state index contributed by atoms with van der Waals surface area (Å²) in [5.41, 5.74) is -0.505. The van der Waals surface area contributed by atoms with Crippen molar-refractivity contribution in [2.75, 3.05) is 18.0 Å². The zero-order chi connectivity index (χ0) is 21.1. The second-order valence-corrected chi connectivity index (χ2v) is 9.07. The van der Waals surface area contributed by atoms with E-state index in [9.17, 15) is 14.7 Å². The Morgan fingerprint density at radius 1 is 0.964 bits per heavy atom. The van der Waals surface area contributed by atoms with Crippen LogP contribution in [0, 0.1) is 0 Å². The Bertz CT molecular complexity index is 680. The number of amides is 2. The highest BCUT2D eigenvalue weighted by Crippen LogP contribution is 2.28. The molecular formula is C21H32N2O5. The smallest absolute Gasteiger partial charge is 0.415 e. The number of benzene rings is 1. The van der Waals surface area contributed by atoms with E-state index in [1.54, 1.807) is 34.1 Å². The Morgan fingerprint density at radius 2 is 1.46 bits per heavy atom. The van der Waals surface area contributed by atoms with Gasteiger partial charge in [0.2, 0.25) is 0 Å². The van der Waals surface area contributed by atoms with E-state index in [4.69, 9.17) is 9.47 Å². The molecule has 0 atom stereocenters. The normalized spacial score (nSPS) is 15.9. The van der Waals surface area contributed by atoms with E-state index >= 15 is 0 Å².